The minimum Gasteiger partial charge on any atom is -0.478 e. The van der Waals surface area contributed by atoms with E-state index in [2.05, 4.69) is 6.07 Å². The summed E-state index contributed by atoms with van der Waals surface area (Å²) in [6.45, 7) is 3.46. The van der Waals surface area contributed by atoms with E-state index in [0.717, 1.165) is 12.0 Å². The van der Waals surface area contributed by atoms with Gasteiger partial charge in [-0.1, -0.05) is 12.1 Å². The van der Waals surface area contributed by atoms with E-state index < -0.39 is 18.1 Å². The lowest BCUT2D eigenvalue weighted by Crippen LogP contribution is -2.56. The Hall–Kier alpha value is -2.96. The second kappa shape index (κ2) is 8.29. The van der Waals surface area contributed by atoms with E-state index in [0.29, 0.717) is 32.5 Å². The van der Waals surface area contributed by atoms with Gasteiger partial charge in [-0.2, -0.15) is 5.26 Å². The quantitative estimate of drug-likeness (QED) is 0.681. The number of piperazine rings is 1. The van der Waals surface area contributed by atoms with Crippen LogP contribution in [0.25, 0.3) is 0 Å². The summed E-state index contributed by atoms with van der Waals surface area (Å²) in [6, 6.07) is 7.19. The molecule has 5 atom stereocenters. The van der Waals surface area contributed by atoms with Crippen LogP contribution >= 0.6 is 0 Å². The normalized spacial score (nSPS) is 27.4. The standard InChI is InChI=1S/C22H27N5O4/c1-13(14-4-6-15(7-5-14)22(30)31)27-17-9-19(21(27)29)25(11-17)12-18(24)20(28)26-8-2-3-16(26)10-23/h4-7,13,16-19H,2-3,8-9,11-12,24H2,1H3,(H,30,31)/t13?,16?,17?,18?,19-/m0/s1. The summed E-state index contributed by atoms with van der Waals surface area (Å²) in [5.74, 6) is -1.18. The second-order valence-electron chi connectivity index (χ2n) is 8.63. The van der Waals surface area contributed by atoms with Crippen LogP contribution in [0.3, 0.4) is 0 Å². The number of nitrogens with two attached hydrogens (primary N) is 1. The maximum atomic E-state index is 13.1. The first kappa shape index (κ1) is 21.3. The Labute approximate surface area is 181 Å². The molecule has 4 rings (SSSR count). The largest absolute Gasteiger partial charge is 0.478 e. The lowest BCUT2D eigenvalue weighted by Gasteiger charge is -2.38. The van der Waals surface area contributed by atoms with E-state index in [1.807, 2.05) is 16.7 Å². The molecule has 2 bridgehead atoms. The number of fused-ring (bicyclic) bond motifs is 2. The Balaban J connectivity index is 1.39. The van der Waals surface area contributed by atoms with Gasteiger partial charge in [0.15, 0.2) is 0 Å². The number of carboxylic acids is 1. The summed E-state index contributed by atoms with van der Waals surface area (Å²) >= 11 is 0. The second-order valence-corrected chi connectivity index (χ2v) is 8.63. The van der Waals surface area contributed by atoms with Crippen molar-refractivity contribution < 1.29 is 19.5 Å². The third kappa shape index (κ3) is 3.77. The predicted molar refractivity (Wildman–Crippen MR) is 111 cm³/mol. The van der Waals surface area contributed by atoms with Crippen molar-refractivity contribution in [3.05, 3.63) is 35.4 Å². The molecule has 3 aliphatic heterocycles. The lowest BCUT2D eigenvalue weighted by molar-refractivity contribution is -0.141. The Kier molecular flexibility index (Phi) is 5.69. The van der Waals surface area contributed by atoms with Crippen LogP contribution in [0.2, 0.25) is 0 Å². The van der Waals surface area contributed by atoms with Gasteiger partial charge in [-0.25, -0.2) is 4.79 Å². The molecule has 31 heavy (non-hydrogen) atoms. The van der Waals surface area contributed by atoms with Crippen LogP contribution in [-0.4, -0.2) is 81.4 Å². The Morgan fingerprint density at radius 2 is 2.03 bits per heavy atom. The van der Waals surface area contributed by atoms with E-state index in [4.69, 9.17) is 10.8 Å². The first-order valence-electron chi connectivity index (χ1n) is 10.7. The summed E-state index contributed by atoms with van der Waals surface area (Å²) in [5, 5.41) is 18.3. The van der Waals surface area contributed by atoms with Crippen LogP contribution in [0.4, 0.5) is 0 Å². The van der Waals surface area contributed by atoms with Crippen LogP contribution in [-0.2, 0) is 9.59 Å². The zero-order valence-corrected chi connectivity index (χ0v) is 17.5. The van der Waals surface area contributed by atoms with E-state index in [9.17, 15) is 19.6 Å². The average Bonchev–Trinajstić information content (AvgIpc) is 3.47. The SMILES string of the molecule is CC(c1ccc(C(=O)O)cc1)N1C(=O)[C@@H]2CC1CN2CC(N)C(=O)N1CCCC1C#N. The van der Waals surface area contributed by atoms with Crippen molar-refractivity contribution in [3.63, 3.8) is 0 Å². The molecule has 0 aromatic heterocycles. The Bertz CT molecular complexity index is 927. The molecule has 9 nitrogen and oxygen atoms in total. The summed E-state index contributed by atoms with van der Waals surface area (Å²) in [7, 11) is 0. The van der Waals surface area contributed by atoms with Crippen molar-refractivity contribution >= 4 is 17.8 Å². The Morgan fingerprint density at radius 3 is 2.65 bits per heavy atom. The molecule has 164 valence electrons. The minimum atomic E-state index is -0.980. The highest BCUT2D eigenvalue weighted by molar-refractivity contribution is 5.88. The zero-order valence-electron chi connectivity index (χ0n) is 17.5. The van der Waals surface area contributed by atoms with Gasteiger partial charge >= 0.3 is 5.97 Å². The van der Waals surface area contributed by atoms with Gasteiger partial charge in [-0.15, -0.1) is 0 Å². The molecule has 1 aromatic rings. The van der Waals surface area contributed by atoms with Crippen molar-refractivity contribution in [2.24, 2.45) is 5.73 Å². The van der Waals surface area contributed by atoms with Crippen LogP contribution in [0.5, 0.6) is 0 Å². The van der Waals surface area contributed by atoms with Crippen molar-refractivity contribution in [2.75, 3.05) is 19.6 Å². The van der Waals surface area contributed by atoms with Crippen LogP contribution in [0.1, 0.15) is 48.1 Å². The molecule has 0 aliphatic carbocycles. The number of hydrogen-bond donors (Lipinski definition) is 2. The van der Waals surface area contributed by atoms with Crippen molar-refractivity contribution in [1.29, 1.82) is 5.26 Å². The summed E-state index contributed by atoms with van der Waals surface area (Å²) in [4.78, 5) is 42.3. The highest BCUT2D eigenvalue weighted by atomic mass is 16.4. The Morgan fingerprint density at radius 1 is 1.32 bits per heavy atom. The van der Waals surface area contributed by atoms with Gasteiger partial charge < -0.3 is 20.6 Å². The summed E-state index contributed by atoms with van der Waals surface area (Å²) in [5.41, 5.74) is 7.28. The number of carbonyl (C=O) groups excluding carboxylic acids is 2. The molecule has 0 spiro atoms. The van der Waals surface area contributed by atoms with Crippen LogP contribution in [0.15, 0.2) is 24.3 Å². The monoisotopic (exact) mass is 425 g/mol. The number of carbonyl (C=O) groups is 3. The number of likely N-dealkylation sites (tertiary alicyclic amines) is 3. The number of rotatable bonds is 6. The summed E-state index contributed by atoms with van der Waals surface area (Å²) < 4.78 is 0. The van der Waals surface area contributed by atoms with E-state index in [1.54, 1.807) is 29.2 Å². The predicted octanol–water partition coefficient (Wildman–Crippen LogP) is 0.573. The van der Waals surface area contributed by atoms with Crippen molar-refractivity contribution in [2.45, 2.75) is 56.4 Å². The zero-order chi connectivity index (χ0) is 22.3. The maximum absolute atomic E-state index is 13.1. The molecular weight excluding hydrogens is 398 g/mol. The van der Waals surface area contributed by atoms with Crippen molar-refractivity contribution in [1.82, 2.24) is 14.7 Å². The molecule has 2 amide bonds. The number of nitrogens with zero attached hydrogens (tertiary/aromatic N) is 4. The van der Waals surface area contributed by atoms with E-state index >= 15 is 0 Å². The van der Waals surface area contributed by atoms with Crippen LogP contribution < -0.4 is 5.73 Å². The third-order valence-corrected chi connectivity index (χ3v) is 6.80. The van der Waals surface area contributed by atoms with Gasteiger partial charge in [0.1, 0.15) is 6.04 Å². The molecule has 0 saturated carbocycles. The fourth-order valence-electron chi connectivity index (χ4n) is 5.17. The fraction of sp³-hybridized carbons (Fsp3) is 0.545. The molecule has 9 heteroatoms. The van der Waals surface area contributed by atoms with Gasteiger partial charge in [-0.05, 0) is 43.9 Å². The van der Waals surface area contributed by atoms with Gasteiger partial charge in [0.05, 0.1) is 29.8 Å². The molecule has 3 heterocycles. The van der Waals surface area contributed by atoms with Gasteiger partial charge in [0, 0.05) is 25.7 Å². The molecule has 4 unspecified atom stereocenters. The van der Waals surface area contributed by atoms with E-state index in [-0.39, 0.29) is 35.5 Å². The number of amides is 2. The highest BCUT2D eigenvalue weighted by Gasteiger charge is 2.51. The molecule has 3 aliphatic rings. The topological polar surface area (TPSA) is 131 Å². The van der Waals surface area contributed by atoms with E-state index in [1.165, 1.54) is 0 Å². The van der Waals surface area contributed by atoms with Crippen LogP contribution in [0, 0.1) is 11.3 Å². The first-order valence-corrected chi connectivity index (χ1v) is 10.7. The molecule has 3 saturated heterocycles. The average molecular weight is 425 g/mol. The molecule has 1 aromatic carbocycles. The van der Waals surface area contributed by atoms with Gasteiger partial charge in [0.25, 0.3) is 0 Å². The number of benzene rings is 1. The highest BCUT2D eigenvalue weighted by Crippen LogP contribution is 2.38. The maximum Gasteiger partial charge on any atom is 0.335 e. The molecular formula is C22H27N5O4. The summed E-state index contributed by atoms with van der Waals surface area (Å²) in [6.07, 6.45) is 2.19. The van der Waals surface area contributed by atoms with Gasteiger partial charge in [-0.3, -0.25) is 14.5 Å². The minimum absolute atomic E-state index is 0.0155. The van der Waals surface area contributed by atoms with Crippen molar-refractivity contribution in [3.8, 4) is 6.07 Å². The third-order valence-electron chi connectivity index (χ3n) is 6.80. The van der Waals surface area contributed by atoms with Gasteiger partial charge in [0.2, 0.25) is 11.8 Å². The fourth-order valence-corrected chi connectivity index (χ4v) is 5.17. The number of carboxylic acid groups (broad SMARTS) is 1. The number of nitriles is 1. The smallest absolute Gasteiger partial charge is 0.335 e. The molecule has 0 radical (unpaired) electrons. The number of aromatic carboxylic acids is 1. The molecule has 3 fully saturated rings. The number of hydrogen-bond acceptors (Lipinski definition) is 6. The molecule has 3 N–H and O–H groups in total. The lowest BCUT2D eigenvalue weighted by atomic mass is 10.0. The first-order chi connectivity index (χ1) is 14.8.